The van der Waals surface area contributed by atoms with Crippen molar-refractivity contribution < 1.29 is 22.7 Å². The van der Waals surface area contributed by atoms with Gasteiger partial charge >= 0.3 is 6.18 Å². The highest BCUT2D eigenvalue weighted by Gasteiger charge is 2.31. The maximum atomic E-state index is 12.7. The van der Waals surface area contributed by atoms with E-state index in [-0.39, 0.29) is 21.1 Å². The molecule has 0 amide bonds. The van der Waals surface area contributed by atoms with E-state index in [1.807, 2.05) is 19.9 Å². The number of alkyl halides is 3. The summed E-state index contributed by atoms with van der Waals surface area (Å²) in [7, 11) is 0. The van der Waals surface area contributed by atoms with E-state index in [1.165, 1.54) is 29.6 Å². The van der Waals surface area contributed by atoms with Crippen LogP contribution in [0.1, 0.15) is 18.1 Å². The second-order valence-electron chi connectivity index (χ2n) is 5.46. The predicted octanol–water partition coefficient (Wildman–Crippen LogP) is 6.83. The standard InChI is InChI=1S/C18H16ClF3O2S2/c1-10-4-6-13(9-16(10)26-11(2)17(23)25-3)24-15-7-5-12(8-14(15)19)18(20,21)22/h4-9,11H,1-3H3. The number of benzene rings is 2. The van der Waals surface area contributed by atoms with Gasteiger partial charge in [-0.1, -0.05) is 29.4 Å². The topological polar surface area (TPSA) is 26.3 Å². The second-order valence-corrected chi connectivity index (χ2v) is 8.06. The summed E-state index contributed by atoms with van der Waals surface area (Å²) in [5, 5.41) is -0.291. The first-order valence-corrected chi connectivity index (χ1v) is 9.99. The molecule has 0 saturated heterocycles. The molecule has 0 radical (unpaired) electrons. The lowest BCUT2D eigenvalue weighted by Crippen LogP contribution is -2.08. The van der Waals surface area contributed by atoms with Gasteiger partial charge in [-0.15, -0.1) is 11.8 Å². The van der Waals surface area contributed by atoms with Crippen LogP contribution in [0.25, 0.3) is 0 Å². The Morgan fingerprint density at radius 2 is 1.88 bits per heavy atom. The molecular weight excluding hydrogens is 405 g/mol. The van der Waals surface area contributed by atoms with Crippen LogP contribution in [0.4, 0.5) is 13.2 Å². The van der Waals surface area contributed by atoms with Gasteiger partial charge < -0.3 is 4.74 Å². The fraction of sp³-hybridized carbons (Fsp3) is 0.278. The van der Waals surface area contributed by atoms with Crippen molar-refractivity contribution in [2.75, 3.05) is 6.26 Å². The number of thioether (sulfide) groups is 2. The Hall–Kier alpha value is -1.31. The molecule has 0 N–H and O–H groups in total. The lowest BCUT2D eigenvalue weighted by Gasteiger charge is -2.14. The number of hydrogen-bond acceptors (Lipinski definition) is 4. The van der Waals surface area contributed by atoms with Crippen LogP contribution in [0.3, 0.4) is 0 Å². The summed E-state index contributed by atoms with van der Waals surface area (Å²) in [5.74, 6) is 0.566. The fourth-order valence-electron chi connectivity index (χ4n) is 2.06. The summed E-state index contributed by atoms with van der Waals surface area (Å²) in [6.07, 6.45) is -2.73. The zero-order valence-corrected chi connectivity index (χ0v) is 16.6. The lowest BCUT2D eigenvalue weighted by atomic mass is 10.2. The number of hydrogen-bond donors (Lipinski definition) is 0. The van der Waals surface area contributed by atoms with E-state index in [0.29, 0.717) is 5.75 Å². The van der Waals surface area contributed by atoms with Crippen LogP contribution in [0.5, 0.6) is 11.5 Å². The minimum Gasteiger partial charge on any atom is -0.456 e. The van der Waals surface area contributed by atoms with Crippen LogP contribution in [-0.4, -0.2) is 16.6 Å². The molecule has 2 rings (SSSR count). The average Bonchev–Trinajstić information content (AvgIpc) is 2.57. The first-order chi connectivity index (χ1) is 12.1. The number of aryl methyl sites for hydroxylation is 1. The number of rotatable bonds is 5. The summed E-state index contributed by atoms with van der Waals surface area (Å²) in [5.41, 5.74) is 0.140. The lowest BCUT2D eigenvalue weighted by molar-refractivity contribution is -0.137. The molecule has 2 aromatic rings. The fourth-order valence-corrected chi connectivity index (χ4v) is 3.96. The van der Waals surface area contributed by atoms with Gasteiger partial charge in [-0.25, -0.2) is 0 Å². The summed E-state index contributed by atoms with van der Waals surface area (Å²) in [6.45, 7) is 3.73. The highest BCUT2D eigenvalue weighted by Crippen LogP contribution is 2.38. The normalized spacial score (nSPS) is 12.7. The first kappa shape index (κ1) is 21.0. The smallest absolute Gasteiger partial charge is 0.416 e. The molecule has 140 valence electrons. The van der Waals surface area contributed by atoms with Crippen LogP contribution < -0.4 is 4.74 Å². The van der Waals surface area contributed by atoms with Gasteiger partial charge in [0.25, 0.3) is 0 Å². The number of halogens is 4. The van der Waals surface area contributed by atoms with Crippen molar-refractivity contribution in [3.05, 3.63) is 52.5 Å². The SMILES string of the molecule is CSC(=O)C(C)Sc1cc(Oc2ccc(C(F)(F)F)cc2Cl)ccc1C. The van der Waals surface area contributed by atoms with Gasteiger partial charge in [0.05, 0.1) is 15.8 Å². The minimum atomic E-state index is -4.46. The Morgan fingerprint density at radius 1 is 1.19 bits per heavy atom. The third-order valence-electron chi connectivity index (χ3n) is 3.48. The summed E-state index contributed by atoms with van der Waals surface area (Å²) in [6, 6.07) is 8.22. The van der Waals surface area contributed by atoms with Crippen LogP contribution in [0.15, 0.2) is 41.3 Å². The van der Waals surface area contributed by atoms with Crippen LogP contribution in [0.2, 0.25) is 5.02 Å². The molecule has 0 aliphatic rings. The van der Waals surface area contributed by atoms with Crippen LogP contribution in [0, 0.1) is 6.92 Å². The number of ether oxygens (including phenoxy) is 1. The molecule has 0 spiro atoms. The van der Waals surface area contributed by atoms with Crippen molar-refractivity contribution in [3.8, 4) is 11.5 Å². The monoisotopic (exact) mass is 420 g/mol. The number of carbonyl (C=O) groups is 1. The Kier molecular flexibility index (Phi) is 6.93. The highest BCUT2D eigenvalue weighted by molar-refractivity contribution is 8.15. The van der Waals surface area contributed by atoms with E-state index in [9.17, 15) is 18.0 Å². The highest BCUT2D eigenvalue weighted by atomic mass is 35.5. The van der Waals surface area contributed by atoms with E-state index >= 15 is 0 Å². The van der Waals surface area contributed by atoms with Gasteiger partial charge in [0, 0.05) is 4.90 Å². The maximum Gasteiger partial charge on any atom is 0.416 e. The Labute approximate surface area is 163 Å². The van der Waals surface area contributed by atoms with Gasteiger partial charge in [-0.2, -0.15) is 13.2 Å². The van der Waals surface area contributed by atoms with E-state index in [0.717, 1.165) is 22.6 Å². The van der Waals surface area contributed by atoms with Crippen molar-refractivity contribution in [1.29, 1.82) is 0 Å². The zero-order valence-electron chi connectivity index (χ0n) is 14.2. The molecule has 0 heterocycles. The summed E-state index contributed by atoms with van der Waals surface area (Å²) >= 11 is 8.50. The van der Waals surface area contributed by atoms with E-state index < -0.39 is 11.7 Å². The van der Waals surface area contributed by atoms with Crippen LogP contribution in [-0.2, 0) is 11.0 Å². The molecule has 2 aromatic carbocycles. The van der Waals surface area contributed by atoms with Crippen molar-refractivity contribution >= 4 is 40.2 Å². The molecule has 0 fully saturated rings. The van der Waals surface area contributed by atoms with Gasteiger partial charge in [-0.05, 0) is 56.0 Å². The first-order valence-electron chi connectivity index (χ1n) is 7.51. The zero-order chi connectivity index (χ0) is 19.5. The molecule has 0 aromatic heterocycles. The average molecular weight is 421 g/mol. The molecule has 8 heteroatoms. The van der Waals surface area contributed by atoms with Gasteiger partial charge in [0.2, 0.25) is 5.12 Å². The van der Waals surface area contributed by atoms with Crippen LogP contribution >= 0.6 is 35.1 Å². The molecule has 0 saturated carbocycles. The predicted molar refractivity (Wildman–Crippen MR) is 102 cm³/mol. The maximum absolute atomic E-state index is 12.7. The molecule has 0 bridgehead atoms. The van der Waals surface area contributed by atoms with Gasteiger partial charge in [0.1, 0.15) is 11.5 Å². The third kappa shape index (κ3) is 5.34. The Balaban J connectivity index is 2.23. The third-order valence-corrected chi connectivity index (χ3v) is 5.95. The molecule has 1 unspecified atom stereocenters. The quantitative estimate of drug-likeness (QED) is 0.495. The van der Waals surface area contributed by atoms with E-state index in [1.54, 1.807) is 18.4 Å². The Morgan fingerprint density at radius 3 is 2.46 bits per heavy atom. The largest absolute Gasteiger partial charge is 0.456 e. The van der Waals surface area contributed by atoms with Crippen molar-refractivity contribution in [1.82, 2.24) is 0 Å². The summed E-state index contributed by atoms with van der Waals surface area (Å²) in [4.78, 5) is 12.6. The van der Waals surface area contributed by atoms with Crippen molar-refractivity contribution in [2.24, 2.45) is 0 Å². The summed E-state index contributed by atoms with van der Waals surface area (Å²) < 4.78 is 43.8. The molecule has 1 atom stereocenters. The molecule has 0 aliphatic carbocycles. The number of carbonyl (C=O) groups excluding carboxylic acids is 1. The van der Waals surface area contributed by atoms with E-state index in [4.69, 9.17) is 16.3 Å². The Bertz CT molecular complexity index is 810. The van der Waals surface area contributed by atoms with Gasteiger partial charge in [0.15, 0.2) is 0 Å². The van der Waals surface area contributed by atoms with Crippen molar-refractivity contribution in [3.63, 3.8) is 0 Å². The van der Waals surface area contributed by atoms with Gasteiger partial charge in [-0.3, -0.25) is 4.79 Å². The van der Waals surface area contributed by atoms with Crippen molar-refractivity contribution in [2.45, 2.75) is 30.2 Å². The van der Waals surface area contributed by atoms with E-state index in [2.05, 4.69) is 0 Å². The molecular formula is C18H16ClF3O2S2. The second kappa shape index (κ2) is 8.59. The molecule has 0 aliphatic heterocycles. The molecule has 26 heavy (non-hydrogen) atoms. The molecule has 2 nitrogen and oxygen atoms in total. The minimum absolute atomic E-state index is 0.0616.